The SMILES string of the molecule is CC(C)(CC(=O)N[C@H]1CC[C@@H](C(=O)O)C1)NC(=O)OCC1c2ccccc2-c2ccccc21. The van der Waals surface area contributed by atoms with E-state index in [1.54, 1.807) is 13.8 Å². The summed E-state index contributed by atoms with van der Waals surface area (Å²) in [6.07, 6.45) is 1.18. The number of carboxylic acid groups (broad SMARTS) is 1. The number of ether oxygens (including phenoxy) is 1. The first-order chi connectivity index (χ1) is 15.7. The molecule has 7 heteroatoms. The van der Waals surface area contributed by atoms with Gasteiger partial charge < -0.3 is 20.5 Å². The Balaban J connectivity index is 1.30. The predicted octanol–water partition coefficient (Wildman–Crippen LogP) is 4.06. The highest BCUT2D eigenvalue weighted by molar-refractivity contribution is 5.80. The number of hydrogen-bond acceptors (Lipinski definition) is 4. The topological polar surface area (TPSA) is 105 Å². The number of carbonyl (C=O) groups is 3. The highest BCUT2D eigenvalue weighted by Crippen LogP contribution is 2.44. The molecule has 0 radical (unpaired) electrons. The number of rotatable bonds is 7. The van der Waals surface area contributed by atoms with Crippen LogP contribution in [-0.2, 0) is 14.3 Å². The number of aliphatic carboxylic acids is 1. The molecule has 3 N–H and O–H groups in total. The van der Waals surface area contributed by atoms with Gasteiger partial charge in [-0.1, -0.05) is 48.5 Å². The van der Waals surface area contributed by atoms with Gasteiger partial charge in [-0.25, -0.2) is 4.79 Å². The summed E-state index contributed by atoms with van der Waals surface area (Å²) in [7, 11) is 0. The van der Waals surface area contributed by atoms with Gasteiger partial charge in [0, 0.05) is 23.9 Å². The molecule has 0 saturated heterocycles. The van der Waals surface area contributed by atoms with E-state index in [-0.39, 0.29) is 30.9 Å². The maximum absolute atomic E-state index is 12.6. The van der Waals surface area contributed by atoms with E-state index >= 15 is 0 Å². The Kier molecular flexibility index (Phi) is 6.40. The molecular weight excluding hydrogens is 420 g/mol. The molecule has 1 fully saturated rings. The molecule has 2 amide bonds. The average Bonchev–Trinajstić information content (AvgIpc) is 3.34. The van der Waals surface area contributed by atoms with Gasteiger partial charge in [0.25, 0.3) is 0 Å². The third-order valence-electron chi connectivity index (χ3n) is 6.53. The Bertz CT molecular complexity index is 1020. The van der Waals surface area contributed by atoms with Crippen LogP contribution in [0.5, 0.6) is 0 Å². The lowest BCUT2D eigenvalue weighted by Gasteiger charge is -2.26. The molecule has 1 saturated carbocycles. The maximum atomic E-state index is 12.6. The number of carboxylic acids is 1. The van der Waals surface area contributed by atoms with Gasteiger partial charge in [-0.3, -0.25) is 9.59 Å². The fourth-order valence-electron chi connectivity index (χ4n) is 4.97. The minimum absolute atomic E-state index is 0.0286. The molecular formula is C26H30N2O5. The van der Waals surface area contributed by atoms with Gasteiger partial charge in [-0.15, -0.1) is 0 Å². The number of carbonyl (C=O) groups excluding carboxylic acids is 2. The van der Waals surface area contributed by atoms with Gasteiger partial charge in [0.1, 0.15) is 6.61 Å². The minimum atomic E-state index is -0.816. The van der Waals surface area contributed by atoms with Crippen molar-refractivity contribution in [2.24, 2.45) is 5.92 Å². The molecule has 2 aliphatic carbocycles. The molecule has 0 spiro atoms. The first-order valence-electron chi connectivity index (χ1n) is 11.4. The molecule has 2 atom stereocenters. The van der Waals surface area contributed by atoms with E-state index < -0.39 is 23.5 Å². The predicted molar refractivity (Wildman–Crippen MR) is 124 cm³/mol. The molecule has 2 aromatic carbocycles. The fraction of sp³-hybridized carbons (Fsp3) is 0.423. The van der Waals surface area contributed by atoms with Crippen LogP contribution in [0.25, 0.3) is 11.1 Å². The van der Waals surface area contributed by atoms with Crippen LogP contribution in [0.15, 0.2) is 48.5 Å². The summed E-state index contributed by atoms with van der Waals surface area (Å²) in [4.78, 5) is 36.1. The lowest BCUT2D eigenvalue weighted by molar-refractivity contribution is -0.141. The maximum Gasteiger partial charge on any atom is 0.407 e. The molecule has 33 heavy (non-hydrogen) atoms. The second-order valence-corrected chi connectivity index (χ2v) is 9.62. The third-order valence-corrected chi connectivity index (χ3v) is 6.53. The van der Waals surface area contributed by atoms with E-state index in [9.17, 15) is 14.4 Å². The van der Waals surface area contributed by atoms with Crippen LogP contribution in [0.3, 0.4) is 0 Å². The average molecular weight is 451 g/mol. The van der Waals surface area contributed by atoms with Crippen LogP contribution >= 0.6 is 0 Å². The molecule has 174 valence electrons. The Morgan fingerprint density at radius 2 is 1.61 bits per heavy atom. The van der Waals surface area contributed by atoms with E-state index in [1.165, 1.54) is 0 Å². The molecule has 0 bridgehead atoms. The van der Waals surface area contributed by atoms with Crippen molar-refractivity contribution < 1.29 is 24.2 Å². The van der Waals surface area contributed by atoms with Crippen molar-refractivity contribution in [1.82, 2.24) is 10.6 Å². The van der Waals surface area contributed by atoms with Crippen molar-refractivity contribution >= 4 is 18.0 Å². The molecule has 4 rings (SSSR count). The number of nitrogens with one attached hydrogen (secondary N) is 2. The zero-order chi connectivity index (χ0) is 23.6. The number of fused-ring (bicyclic) bond motifs is 3. The monoisotopic (exact) mass is 450 g/mol. The quantitative estimate of drug-likeness (QED) is 0.590. The van der Waals surface area contributed by atoms with E-state index in [0.717, 1.165) is 22.3 Å². The van der Waals surface area contributed by atoms with Crippen molar-refractivity contribution in [2.45, 2.75) is 57.0 Å². The lowest BCUT2D eigenvalue weighted by Crippen LogP contribution is -2.48. The molecule has 2 aliphatic rings. The van der Waals surface area contributed by atoms with Gasteiger partial charge in [0.2, 0.25) is 5.91 Å². The normalized spacial score (nSPS) is 19.5. The summed E-state index contributed by atoms with van der Waals surface area (Å²) in [5, 5.41) is 14.8. The van der Waals surface area contributed by atoms with Gasteiger partial charge in [0.05, 0.1) is 5.92 Å². The summed E-state index contributed by atoms with van der Waals surface area (Å²) in [6.45, 7) is 3.74. The molecule has 2 aromatic rings. The number of alkyl carbamates (subject to hydrolysis) is 1. The smallest absolute Gasteiger partial charge is 0.407 e. The van der Waals surface area contributed by atoms with Crippen LogP contribution in [0.2, 0.25) is 0 Å². The zero-order valence-corrected chi connectivity index (χ0v) is 19.0. The van der Waals surface area contributed by atoms with Crippen LogP contribution in [0.1, 0.15) is 56.6 Å². The van der Waals surface area contributed by atoms with Crippen molar-refractivity contribution in [3.63, 3.8) is 0 Å². The number of amides is 2. The zero-order valence-electron chi connectivity index (χ0n) is 19.0. The molecule has 7 nitrogen and oxygen atoms in total. The second kappa shape index (κ2) is 9.25. The van der Waals surface area contributed by atoms with E-state index in [1.807, 2.05) is 24.3 Å². The first kappa shape index (κ1) is 22.8. The Labute approximate surface area is 193 Å². The summed E-state index contributed by atoms with van der Waals surface area (Å²) in [6, 6.07) is 16.1. The standard InChI is InChI=1S/C26H30N2O5/c1-26(2,14-23(29)27-17-12-11-16(13-17)24(30)31)28-25(32)33-15-22-20-9-5-3-7-18(20)19-8-4-6-10-21(19)22/h3-10,16-17,22H,11-15H2,1-2H3,(H,27,29)(H,28,32)(H,30,31)/t16-,17+/m1/s1. The number of hydrogen-bond donors (Lipinski definition) is 3. The minimum Gasteiger partial charge on any atom is -0.481 e. The van der Waals surface area contributed by atoms with Gasteiger partial charge in [0.15, 0.2) is 0 Å². The van der Waals surface area contributed by atoms with Crippen LogP contribution in [0, 0.1) is 5.92 Å². The van der Waals surface area contributed by atoms with Gasteiger partial charge >= 0.3 is 12.1 Å². The molecule has 0 aromatic heterocycles. The van der Waals surface area contributed by atoms with E-state index in [4.69, 9.17) is 9.84 Å². The van der Waals surface area contributed by atoms with Crippen LogP contribution < -0.4 is 10.6 Å². The fourth-order valence-corrected chi connectivity index (χ4v) is 4.97. The number of benzene rings is 2. The highest BCUT2D eigenvalue weighted by atomic mass is 16.5. The van der Waals surface area contributed by atoms with Crippen molar-refractivity contribution in [1.29, 1.82) is 0 Å². The highest BCUT2D eigenvalue weighted by Gasteiger charge is 2.33. The summed E-state index contributed by atoms with van der Waals surface area (Å²) in [5.74, 6) is -1.46. The Morgan fingerprint density at radius 1 is 1.00 bits per heavy atom. The summed E-state index contributed by atoms with van der Waals surface area (Å²) in [5.41, 5.74) is 3.80. The van der Waals surface area contributed by atoms with E-state index in [2.05, 4.69) is 34.9 Å². The molecule has 0 heterocycles. The molecule has 0 unspecified atom stereocenters. The Hall–Kier alpha value is -3.35. The van der Waals surface area contributed by atoms with Gasteiger partial charge in [-0.05, 0) is 55.4 Å². The second-order valence-electron chi connectivity index (χ2n) is 9.62. The van der Waals surface area contributed by atoms with Crippen LogP contribution in [0.4, 0.5) is 4.79 Å². The van der Waals surface area contributed by atoms with Crippen molar-refractivity contribution in [2.75, 3.05) is 6.61 Å². The lowest BCUT2D eigenvalue weighted by atomic mass is 9.98. The summed E-state index contributed by atoms with van der Waals surface area (Å²) >= 11 is 0. The largest absolute Gasteiger partial charge is 0.481 e. The Morgan fingerprint density at radius 3 is 2.18 bits per heavy atom. The molecule has 0 aliphatic heterocycles. The summed E-state index contributed by atoms with van der Waals surface area (Å²) < 4.78 is 5.58. The van der Waals surface area contributed by atoms with Crippen molar-refractivity contribution in [3.05, 3.63) is 59.7 Å². The van der Waals surface area contributed by atoms with Crippen molar-refractivity contribution in [3.8, 4) is 11.1 Å². The van der Waals surface area contributed by atoms with Crippen LogP contribution in [-0.4, -0.2) is 41.3 Å². The van der Waals surface area contributed by atoms with Gasteiger partial charge in [-0.2, -0.15) is 0 Å². The van der Waals surface area contributed by atoms with E-state index in [0.29, 0.717) is 19.3 Å². The third kappa shape index (κ3) is 5.18. The first-order valence-corrected chi connectivity index (χ1v) is 11.4.